The third-order valence-corrected chi connectivity index (χ3v) is 5.16. The Labute approximate surface area is 180 Å². The first-order chi connectivity index (χ1) is 12.8. The molecule has 1 saturated heterocycles. The molecule has 1 fully saturated rings. The van der Waals surface area contributed by atoms with Crippen LogP contribution in [0.25, 0.3) is 0 Å². The van der Waals surface area contributed by atoms with Gasteiger partial charge in [0.05, 0.1) is 6.20 Å². The smallest absolute Gasteiger partial charge is 0.193 e. The number of unbranched alkanes of at least 4 members (excludes halogenated alkanes) is 2. The fourth-order valence-electron chi connectivity index (χ4n) is 3.68. The lowest BCUT2D eigenvalue weighted by Crippen LogP contribution is -2.40. The number of aryl methyl sites for hydroxylation is 2. The number of hydrogen-bond donors (Lipinski definition) is 1. The van der Waals surface area contributed by atoms with Gasteiger partial charge in [0, 0.05) is 45.8 Å². The average Bonchev–Trinajstić information content (AvgIpc) is 3.31. The number of halogens is 1. The summed E-state index contributed by atoms with van der Waals surface area (Å²) in [4.78, 5) is 6.86. The van der Waals surface area contributed by atoms with Crippen molar-refractivity contribution in [2.24, 2.45) is 12.0 Å². The SMILES string of the molecule is CN=C(NCCCCCc1ccccc1)N1CCC(c2cnn(C)c2)C1.I. The Hall–Kier alpha value is -1.57. The first-order valence-electron chi connectivity index (χ1n) is 9.74. The molecule has 0 aliphatic carbocycles. The van der Waals surface area contributed by atoms with E-state index in [1.54, 1.807) is 0 Å². The number of hydrogen-bond acceptors (Lipinski definition) is 2. The van der Waals surface area contributed by atoms with E-state index in [0.29, 0.717) is 5.92 Å². The molecule has 0 saturated carbocycles. The molecule has 3 rings (SSSR count). The van der Waals surface area contributed by atoms with E-state index in [4.69, 9.17) is 0 Å². The van der Waals surface area contributed by atoms with Gasteiger partial charge >= 0.3 is 0 Å². The zero-order chi connectivity index (χ0) is 18.2. The predicted molar refractivity (Wildman–Crippen MR) is 123 cm³/mol. The fraction of sp³-hybridized carbons (Fsp3) is 0.524. The molecule has 1 aromatic carbocycles. The lowest BCUT2D eigenvalue weighted by molar-refractivity contribution is 0.483. The normalized spacial score (nSPS) is 17.0. The fourth-order valence-corrected chi connectivity index (χ4v) is 3.68. The van der Waals surface area contributed by atoms with Crippen molar-refractivity contribution in [2.45, 2.75) is 38.0 Å². The summed E-state index contributed by atoms with van der Waals surface area (Å²) < 4.78 is 1.89. The minimum absolute atomic E-state index is 0. The summed E-state index contributed by atoms with van der Waals surface area (Å²) in [6.07, 6.45) is 10.2. The van der Waals surface area contributed by atoms with Gasteiger partial charge in [-0.05, 0) is 36.8 Å². The van der Waals surface area contributed by atoms with Gasteiger partial charge in [0.1, 0.15) is 0 Å². The van der Waals surface area contributed by atoms with Gasteiger partial charge in [0.2, 0.25) is 0 Å². The van der Waals surface area contributed by atoms with Crippen LogP contribution >= 0.6 is 24.0 Å². The molecule has 2 aromatic rings. The van der Waals surface area contributed by atoms with Gasteiger partial charge in [-0.1, -0.05) is 36.8 Å². The molecule has 148 valence electrons. The maximum atomic E-state index is 4.48. The van der Waals surface area contributed by atoms with Crippen LogP contribution in [0.15, 0.2) is 47.7 Å². The van der Waals surface area contributed by atoms with Gasteiger partial charge in [-0.2, -0.15) is 5.10 Å². The summed E-state index contributed by atoms with van der Waals surface area (Å²) in [5, 5.41) is 7.85. The quantitative estimate of drug-likeness (QED) is 0.283. The van der Waals surface area contributed by atoms with Gasteiger partial charge in [-0.3, -0.25) is 9.67 Å². The highest BCUT2D eigenvalue weighted by Crippen LogP contribution is 2.26. The van der Waals surface area contributed by atoms with E-state index < -0.39 is 0 Å². The molecule has 2 heterocycles. The zero-order valence-corrected chi connectivity index (χ0v) is 18.8. The highest BCUT2D eigenvalue weighted by Gasteiger charge is 2.26. The van der Waals surface area contributed by atoms with E-state index in [1.165, 1.54) is 43.2 Å². The lowest BCUT2D eigenvalue weighted by Gasteiger charge is -2.21. The summed E-state index contributed by atoms with van der Waals surface area (Å²) in [6.45, 7) is 3.09. The summed E-state index contributed by atoms with van der Waals surface area (Å²) in [7, 11) is 3.86. The number of aromatic nitrogens is 2. The second-order valence-corrected chi connectivity index (χ2v) is 7.15. The number of nitrogens with one attached hydrogen (secondary N) is 1. The molecule has 1 atom stereocenters. The highest BCUT2D eigenvalue weighted by atomic mass is 127. The monoisotopic (exact) mass is 481 g/mol. The van der Waals surface area contributed by atoms with Crippen LogP contribution < -0.4 is 5.32 Å². The molecule has 1 unspecified atom stereocenters. The maximum absolute atomic E-state index is 4.48. The van der Waals surface area contributed by atoms with Crippen molar-refractivity contribution in [3.63, 3.8) is 0 Å². The molecular weight excluding hydrogens is 449 g/mol. The molecule has 1 aromatic heterocycles. The van der Waals surface area contributed by atoms with Crippen molar-refractivity contribution < 1.29 is 0 Å². The van der Waals surface area contributed by atoms with Crippen molar-refractivity contribution >= 4 is 29.9 Å². The summed E-state index contributed by atoms with van der Waals surface area (Å²) in [5.74, 6) is 1.60. The van der Waals surface area contributed by atoms with E-state index in [0.717, 1.165) is 25.6 Å². The molecular formula is C21H32IN5. The minimum atomic E-state index is 0. The van der Waals surface area contributed by atoms with E-state index in [9.17, 15) is 0 Å². The van der Waals surface area contributed by atoms with Crippen LogP contribution in [-0.4, -0.2) is 47.3 Å². The molecule has 6 heteroatoms. The summed E-state index contributed by atoms with van der Waals surface area (Å²) in [6, 6.07) is 10.7. The van der Waals surface area contributed by atoms with Gasteiger partial charge in [0.25, 0.3) is 0 Å². The molecule has 5 nitrogen and oxygen atoms in total. The van der Waals surface area contributed by atoms with Crippen LogP contribution in [0, 0.1) is 0 Å². The Bertz CT molecular complexity index is 698. The second-order valence-electron chi connectivity index (χ2n) is 7.15. The Kier molecular flexibility index (Phi) is 9.10. The van der Waals surface area contributed by atoms with Crippen LogP contribution in [0.4, 0.5) is 0 Å². The lowest BCUT2D eigenvalue weighted by atomic mass is 10.0. The van der Waals surface area contributed by atoms with Crippen LogP contribution in [-0.2, 0) is 13.5 Å². The summed E-state index contributed by atoms with van der Waals surface area (Å²) >= 11 is 0. The molecule has 0 spiro atoms. The Balaban J connectivity index is 0.00000261. The van der Waals surface area contributed by atoms with Crippen molar-refractivity contribution in [3.05, 3.63) is 53.9 Å². The molecule has 0 radical (unpaired) electrons. The van der Waals surface area contributed by atoms with Gasteiger partial charge < -0.3 is 10.2 Å². The van der Waals surface area contributed by atoms with Crippen LogP contribution in [0.1, 0.15) is 42.7 Å². The molecule has 27 heavy (non-hydrogen) atoms. The Morgan fingerprint density at radius 2 is 2.04 bits per heavy atom. The number of rotatable bonds is 7. The van der Waals surface area contributed by atoms with Crippen LogP contribution in [0.2, 0.25) is 0 Å². The van der Waals surface area contributed by atoms with Gasteiger partial charge in [0.15, 0.2) is 5.96 Å². The first kappa shape index (κ1) is 21.7. The summed E-state index contributed by atoms with van der Waals surface area (Å²) in [5.41, 5.74) is 2.78. The molecule has 1 N–H and O–H groups in total. The Morgan fingerprint density at radius 3 is 2.74 bits per heavy atom. The molecule has 0 bridgehead atoms. The first-order valence-corrected chi connectivity index (χ1v) is 9.74. The van der Waals surface area contributed by atoms with Gasteiger partial charge in [-0.15, -0.1) is 24.0 Å². The van der Waals surface area contributed by atoms with Crippen molar-refractivity contribution in [2.75, 3.05) is 26.7 Å². The van der Waals surface area contributed by atoms with E-state index in [1.807, 2.05) is 25.0 Å². The molecule has 0 amide bonds. The third-order valence-electron chi connectivity index (χ3n) is 5.16. The molecule has 1 aliphatic heterocycles. The molecule has 1 aliphatic rings. The number of guanidine groups is 1. The van der Waals surface area contributed by atoms with E-state index >= 15 is 0 Å². The maximum Gasteiger partial charge on any atom is 0.193 e. The third kappa shape index (κ3) is 6.52. The van der Waals surface area contributed by atoms with Crippen molar-refractivity contribution in [1.82, 2.24) is 20.0 Å². The topological polar surface area (TPSA) is 45.5 Å². The van der Waals surface area contributed by atoms with Crippen molar-refractivity contribution in [1.29, 1.82) is 0 Å². The van der Waals surface area contributed by atoms with Crippen LogP contribution in [0.3, 0.4) is 0 Å². The van der Waals surface area contributed by atoms with Gasteiger partial charge in [-0.25, -0.2) is 0 Å². The Morgan fingerprint density at radius 1 is 1.22 bits per heavy atom. The standard InChI is InChI=1S/C21H31N5.HI/c1-22-21(23-13-8-4-7-11-18-9-5-3-6-10-18)26-14-12-19(17-26)20-15-24-25(2)16-20;/h3,5-6,9-10,15-16,19H,4,7-8,11-14,17H2,1-2H3,(H,22,23);1H. The average molecular weight is 481 g/mol. The number of likely N-dealkylation sites (tertiary alicyclic amines) is 1. The van der Waals surface area contributed by atoms with Crippen LogP contribution in [0.5, 0.6) is 0 Å². The highest BCUT2D eigenvalue weighted by molar-refractivity contribution is 14.0. The number of nitrogens with zero attached hydrogens (tertiary/aromatic N) is 4. The van der Waals surface area contributed by atoms with E-state index in [2.05, 4.69) is 56.8 Å². The second kappa shape index (κ2) is 11.3. The number of benzene rings is 1. The predicted octanol–water partition coefficient (Wildman–Crippen LogP) is 3.82. The van der Waals surface area contributed by atoms with Crippen molar-refractivity contribution in [3.8, 4) is 0 Å². The zero-order valence-electron chi connectivity index (χ0n) is 16.5. The number of aliphatic imine (C=N–C) groups is 1. The largest absolute Gasteiger partial charge is 0.356 e. The minimum Gasteiger partial charge on any atom is -0.356 e. The van der Waals surface area contributed by atoms with E-state index in [-0.39, 0.29) is 24.0 Å².